The zero-order chi connectivity index (χ0) is 9.10. The Hall–Kier alpha value is -0.870. The molecule has 0 radical (unpaired) electrons. The van der Waals surface area contributed by atoms with Crippen molar-refractivity contribution in [2.45, 2.75) is 19.4 Å². The van der Waals surface area contributed by atoms with E-state index < -0.39 is 0 Å². The molecule has 1 unspecified atom stereocenters. The Balaban J connectivity index is 1.92. The molecule has 4 nitrogen and oxygen atoms in total. The fourth-order valence-corrected chi connectivity index (χ4v) is 1.56. The van der Waals surface area contributed by atoms with Gasteiger partial charge >= 0.3 is 0 Å². The van der Waals surface area contributed by atoms with Crippen molar-refractivity contribution in [2.75, 3.05) is 13.2 Å². The number of aliphatic hydroxyl groups excluding tert-OH is 1. The van der Waals surface area contributed by atoms with E-state index in [4.69, 9.17) is 14.4 Å². The van der Waals surface area contributed by atoms with Gasteiger partial charge in [0.25, 0.3) is 0 Å². The Morgan fingerprint density at radius 3 is 3.15 bits per heavy atom. The molecule has 1 aliphatic heterocycles. The molecule has 2 heterocycles. The molecule has 0 bridgehead atoms. The molecule has 72 valence electrons. The summed E-state index contributed by atoms with van der Waals surface area (Å²) in [6.07, 6.45) is 1.96. The standard InChI is InChI=1S/C9H13NO3/c11-5-8-4-9(13-10-8)3-7-1-2-12-6-7/h4,7,11H,1-3,5-6H2. The Labute approximate surface area is 76.5 Å². The predicted octanol–water partition coefficient (Wildman–Crippen LogP) is 0.746. The van der Waals surface area contributed by atoms with Crippen molar-refractivity contribution in [3.05, 3.63) is 17.5 Å². The van der Waals surface area contributed by atoms with Crippen molar-refractivity contribution in [3.8, 4) is 0 Å². The van der Waals surface area contributed by atoms with E-state index in [-0.39, 0.29) is 6.61 Å². The van der Waals surface area contributed by atoms with Crippen LogP contribution in [0.1, 0.15) is 17.9 Å². The molecule has 1 fully saturated rings. The third-order valence-corrected chi connectivity index (χ3v) is 2.28. The van der Waals surface area contributed by atoms with Gasteiger partial charge in [0.2, 0.25) is 0 Å². The molecule has 1 aromatic rings. The number of aromatic nitrogens is 1. The summed E-state index contributed by atoms with van der Waals surface area (Å²) in [7, 11) is 0. The minimum atomic E-state index is -0.0509. The topological polar surface area (TPSA) is 55.5 Å². The quantitative estimate of drug-likeness (QED) is 0.751. The monoisotopic (exact) mass is 183 g/mol. The van der Waals surface area contributed by atoms with E-state index in [0.717, 1.165) is 31.8 Å². The Bertz CT molecular complexity index is 266. The zero-order valence-electron chi connectivity index (χ0n) is 7.40. The highest BCUT2D eigenvalue weighted by molar-refractivity contribution is 5.05. The van der Waals surface area contributed by atoms with Gasteiger partial charge in [-0.25, -0.2) is 0 Å². The highest BCUT2D eigenvalue weighted by Crippen LogP contribution is 2.18. The van der Waals surface area contributed by atoms with Crippen LogP contribution in [0, 0.1) is 5.92 Å². The van der Waals surface area contributed by atoms with Gasteiger partial charge < -0.3 is 14.4 Å². The van der Waals surface area contributed by atoms with Gasteiger partial charge in [-0.2, -0.15) is 0 Å². The minimum Gasteiger partial charge on any atom is -0.390 e. The van der Waals surface area contributed by atoms with Crippen LogP contribution < -0.4 is 0 Å². The average molecular weight is 183 g/mol. The molecular formula is C9H13NO3. The fourth-order valence-electron chi connectivity index (χ4n) is 1.56. The third kappa shape index (κ3) is 2.08. The molecule has 1 atom stereocenters. The second-order valence-corrected chi connectivity index (χ2v) is 3.38. The number of hydrogen-bond acceptors (Lipinski definition) is 4. The molecule has 0 spiro atoms. The van der Waals surface area contributed by atoms with Gasteiger partial charge in [0.1, 0.15) is 11.5 Å². The first-order valence-corrected chi connectivity index (χ1v) is 4.51. The molecule has 1 aliphatic rings. The van der Waals surface area contributed by atoms with Crippen molar-refractivity contribution < 1.29 is 14.4 Å². The van der Waals surface area contributed by atoms with Crippen LogP contribution in [0.25, 0.3) is 0 Å². The van der Waals surface area contributed by atoms with E-state index in [0.29, 0.717) is 11.6 Å². The lowest BCUT2D eigenvalue weighted by atomic mass is 10.0. The molecule has 0 aromatic carbocycles. The molecule has 1 N–H and O–H groups in total. The third-order valence-electron chi connectivity index (χ3n) is 2.28. The molecule has 0 saturated carbocycles. The van der Waals surface area contributed by atoms with E-state index >= 15 is 0 Å². The van der Waals surface area contributed by atoms with Crippen LogP contribution in [-0.4, -0.2) is 23.5 Å². The Morgan fingerprint density at radius 1 is 1.62 bits per heavy atom. The van der Waals surface area contributed by atoms with Crippen molar-refractivity contribution in [1.29, 1.82) is 0 Å². The summed E-state index contributed by atoms with van der Waals surface area (Å²) in [5.41, 5.74) is 0.605. The van der Waals surface area contributed by atoms with Crippen LogP contribution in [0.15, 0.2) is 10.6 Å². The molecule has 13 heavy (non-hydrogen) atoms. The molecule has 1 saturated heterocycles. The summed E-state index contributed by atoms with van der Waals surface area (Å²) < 4.78 is 10.3. The fraction of sp³-hybridized carbons (Fsp3) is 0.667. The van der Waals surface area contributed by atoms with Crippen molar-refractivity contribution in [3.63, 3.8) is 0 Å². The highest BCUT2D eigenvalue weighted by Gasteiger charge is 2.18. The maximum Gasteiger partial charge on any atom is 0.137 e. The van der Waals surface area contributed by atoms with Gasteiger partial charge in [-0.15, -0.1) is 0 Å². The lowest BCUT2D eigenvalue weighted by molar-refractivity contribution is 0.184. The first-order chi connectivity index (χ1) is 6.38. The maximum atomic E-state index is 8.76. The van der Waals surface area contributed by atoms with Crippen LogP contribution in [0.4, 0.5) is 0 Å². The second kappa shape index (κ2) is 3.89. The second-order valence-electron chi connectivity index (χ2n) is 3.38. The normalized spacial score (nSPS) is 22.4. The summed E-state index contributed by atoms with van der Waals surface area (Å²) in [5, 5.41) is 12.5. The number of hydrogen-bond donors (Lipinski definition) is 1. The van der Waals surface area contributed by atoms with Crippen molar-refractivity contribution in [1.82, 2.24) is 5.16 Å². The average Bonchev–Trinajstić information content (AvgIpc) is 2.76. The largest absolute Gasteiger partial charge is 0.390 e. The van der Waals surface area contributed by atoms with Crippen LogP contribution in [0.3, 0.4) is 0 Å². The minimum absolute atomic E-state index is 0.0509. The first kappa shape index (κ1) is 8.72. The highest BCUT2D eigenvalue weighted by atomic mass is 16.5. The van der Waals surface area contributed by atoms with E-state index in [1.54, 1.807) is 6.07 Å². The van der Waals surface area contributed by atoms with Gasteiger partial charge in [-0.1, -0.05) is 5.16 Å². The maximum absolute atomic E-state index is 8.76. The van der Waals surface area contributed by atoms with Crippen molar-refractivity contribution in [2.24, 2.45) is 5.92 Å². The van der Waals surface area contributed by atoms with Gasteiger partial charge in [-0.05, 0) is 12.3 Å². The van der Waals surface area contributed by atoms with Gasteiger partial charge in [0.15, 0.2) is 0 Å². The van der Waals surface area contributed by atoms with E-state index in [1.807, 2.05) is 0 Å². The number of ether oxygens (including phenoxy) is 1. The van der Waals surface area contributed by atoms with Crippen LogP contribution >= 0.6 is 0 Å². The lowest BCUT2D eigenvalue weighted by Gasteiger charge is -2.01. The molecule has 0 aliphatic carbocycles. The smallest absolute Gasteiger partial charge is 0.137 e. The molecular weight excluding hydrogens is 170 g/mol. The summed E-state index contributed by atoms with van der Waals surface area (Å²) in [6.45, 7) is 1.62. The Morgan fingerprint density at radius 2 is 2.54 bits per heavy atom. The number of aliphatic hydroxyl groups is 1. The first-order valence-electron chi connectivity index (χ1n) is 4.51. The SMILES string of the molecule is OCc1cc(CC2CCOC2)on1. The molecule has 1 aromatic heterocycles. The number of nitrogens with zero attached hydrogens (tertiary/aromatic N) is 1. The number of rotatable bonds is 3. The van der Waals surface area contributed by atoms with Crippen LogP contribution in [0.5, 0.6) is 0 Å². The molecule has 2 rings (SSSR count). The van der Waals surface area contributed by atoms with E-state index in [9.17, 15) is 0 Å². The van der Waals surface area contributed by atoms with Gasteiger partial charge in [0.05, 0.1) is 6.61 Å². The van der Waals surface area contributed by atoms with Crippen LogP contribution in [-0.2, 0) is 17.8 Å². The summed E-state index contributed by atoms with van der Waals surface area (Å²) in [4.78, 5) is 0. The van der Waals surface area contributed by atoms with Gasteiger partial charge in [-0.3, -0.25) is 0 Å². The van der Waals surface area contributed by atoms with Gasteiger partial charge in [0, 0.05) is 25.7 Å². The van der Waals surface area contributed by atoms with E-state index in [2.05, 4.69) is 5.16 Å². The van der Waals surface area contributed by atoms with Crippen molar-refractivity contribution >= 4 is 0 Å². The summed E-state index contributed by atoms with van der Waals surface area (Å²) in [5.74, 6) is 1.40. The summed E-state index contributed by atoms with van der Waals surface area (Å²) >= 11 is 0. The zero-order valence-corrected chi connectivity index (χ0v) is 7.40. The molecule has 0 amide bonds. The van der Waals surface area contributed by atoms with E-state index in [1.165, 1.54) is 0 Å². The van der Waals surface area contributed by atoms with Crippen LogP contribution in [0.2, 0.25) is 0 Å². The molecule has 4 heteroatoms. The lowest BCUT2D eigenvalue weighted by Crippen LogP contribution is -2.02. The Kier molecular flexibility index (Phi) is 2.61. The summed E-state index contributed by atoms with van der Waals surface area (Å²) in [6, 6.07) is 1.80. The predicted molar refractivity (Wildman–Crippen MR) is 45.1 cm³/mol.